The van der Waals surface area contributed by atoms with Crippen molar-refractivity contribution < 1.29 is 5.11 Å². The Kier molecular flexibility index (Phi) is 5.22. The number of fused-ring (bicyclic) bond motifs is 1. The lowest BCUT2D eigenvalue weighted by atomic mass is 10.0. The molecule has 0 unspecified atom stereocenters. The minimum atomic E-state index is 0.312. The SMILES string of the molecule is Cc1ccc(-c2c[nH]c3ncc(-c4ccc(CN5CCN(C)CC5)cc4)cc23)cc1O. The molecule has 1 aliphatic heterocycles. The normalized spacial score (nSPS) is 15.5. The second kappa shape index (κ2) is 8.17. The van der Waals surface area contributed by atoms with Crippen LogP contribution in [0.4, 0.5) is 0 Å². The summed E-state index contributed by atoms with van der Waals surface area (Å²) in [7, 11) is 2.19. The molecule has 1 aliphatic rings. The highest BCUT2D eigenvalue weighted by Crippen LogP contribution is 2.33. The fourth-order valence-corrected chi connectivity index (χ4v) is 4.24. The van der Waals surface area contributed by atoms with Gasteiger partial charge in [-0.3, -0.25) is 4.90 Å². The van der Waals surface area contributed by atoms with Gasteiger partial charge in [0.05, 0.1) is 0 Å². The number of phenols is 1. The summed E-state index contributed by atoms with van der Waals surface area (Å²) < 4.78 is 0. The van der Waals surface area contributed by atoms with E-state index in [9.17, 15) is 5.11 Å². The van der Waals surface area contributed by atoms with Crippen LogP contribution in [0, 0.1) is 6.92 Å². The smallest absolute Gasteiger partial charge is 0.137 e. The van der Waals surface area contributed by atoms with Crippen LogP contribution in [0.3, 0.4) is 0 Å². The largest absolute Gasteiger partial charge is 0.508 e. The third-order valence-corrected chi connectivity index (χ3v) is 6.34. The van der Waals surface area contributed by atoms with E-state index in [4.69, 9.17) is 0 Å². The lowest BCUT2D eigenvalue weighted by Crippen LogP contribution is -2.43. The molecule has 3 heterocycles. The average Bonchev–Trinajstić information content (AvgIpc) is 3.21. The summed E-state index contributed by atoms with van der Waals surface area (Å²) >= 11 is 0. The molecule has 0 bridgehead atoms. The number of benzene rings is 2. The summed E-state index contributed by atoms with van der Waals surface area (Å²) in [5.41, 5.74) is 7.36. The highest BCUT2D eigenvalue weighted by atomic mass is 16.3. The zero-order valence-corrected chi connectivity index (χ0v) is 18.1. The van der Waals surface area contributed by atoms with Gasteiger partial charge in [0.15, 0.2) is 0 Å². The number of hydrogen-bond donors (Lipinski definition) is 2. The number of nitrogens with one attached hydrogen (secondary N) is 1. The Labute approximate surface area is 183 Å². The van der Waals surface area contributed by atoms with Crippen LogP contribution in [0.1, 0.15) is 11.1 Å². The van der Waals surface area contributed by atoms with Crippen molar-refractivity contribution >= 4 is 11.0 Å². The summed E-state index contributed by atoms with van der Waals surface area (Å²) in [6.07, 6.45) is 3.88. The molecule has 4 aromatic rings. The van der Waals surface area contributed by atoms with Crippen molar-refractivity contribution in [3.8, 4) is 28.0 Å². The molecule has 1 saturated heterocycles. The maximum Gasteiger partial charge on any atom is 0.137 e. The van der Waals surface area contributed by atoms with Gasteiger partial charge in [-0.25, -0.2) is 4.98 Å². The first-order valence-corrected chi connectivity index (χ1v) is 10.8. The molecule has 0 radical (unpaired) electrons. The number of rotatable bonds is 4. The Morgan fingerprint density at radius 2 is 1.68 bits per heavy atom. The first kappa shape index (κ1) is 19.8. The van der Waals surface area contributed by atoms with Gasteiger partial charge in [-0.15, -0.1) is 0 Å². The number of aromatic amines is 1. The summed E-state index contributed by atoms with van der Waals surface area (Å²) in [6, 6.07) is 16.8. The molecule has 5 nitrogen and oxygen atoms in total. The van der Waals surface area contributed by atoms with Crippen LogP contribution in [-0.2, 0) is 6.54 Å². The van der Waals surface area contributed by atoms with Crippen LogP contribution in [-0.4, -0.2) is 58.1 Å². The van der Waals surface area contributed by atoms with Crippen molar-refractivity contribution in [1.82, 2.24) is 19.8 Å². The Balaban J connectivity index is 1.40. The van der Waals surface area contributed by atoms with E-state index in [1.807, 2.05) is 37.5 Å². The third-order valence-electron chi connectivity index (χ3n) is 6.34. The lowest BCUT2D eigenvalue weighted by Gasteiger charge is -2.32. The van der Waals surface area contributed by atoms with Gasteiger partial charge in [-0.1, -0.05) is 36.4 Å². The summed E-state index contributed by atoms with van der Waals surface area (Å²) in [5.74, 6) is 0.312. The molecule has 0 spiro atoms. The van der Waals surface area contributed by atoms with Crippen molar-refractivity contribution in [2.75, 3.05) is 33.2 Å². The molecular weight excluding hydrogens is 384 g/mol. The van der Waals surface area contributed by atoms with E-state index in [2.05, 4.69) is 57.1 Å². The summed E-state index contributed by atoms with van der Waals surface area (Å²) in [5, 5.41) is 11.2. The van der Waals surface area contributed by atoms with Gasteiger partial charge in [-0.05, 0) is 48.4 Å². The maximum atomic E-state index is 10.1. The van der Waals surface area contributed by atoms with Crippen molar-refractivity contribution in [1.29, 1.82) is 0 Å². The topological polar surface area (TPSA) is 55.4 Å². The minimum Gasteiger partial charge on any atom is -0.508 e. The fourth-order valence-electron chi connectivity index (χ4n) is 4.24. The van der Waals surface area contributed by atoms with Crippen LogP contribution in [0.25, 0.3) is 33.3 Å². The Morgan fingerprint density at radius 1 is 0.935 bits per heavy atom. The number of nitrogens with zero attached hydrogens (tertiary/aromatic N) is 3. The maximum absolute atomic E-state index is 10.1. The van der Waals surface area contributed by atoms with Gasteiger partial charge >= 0.3 is 0 Å². The average molecular weight is 413 g/mol. The Morgan fingerprint density at radius 3 is 2.42 bits per heavy atom. The molecule has 0 amide bonds. The molecule has 1 fully saturated rings. The van der Waals surface area contributed by atoms with Gasteiger partial charge in [0.2, 0.25) is 0 Å². The molecule has 31 heavy (non-hydrogen) atoms. The number of H-pyrrole nitrogens is 1. The molecular formula is C26H28N4O. The number of aromatic nitrogens is 2. The second-order valence-electron chi connectivity index (χ2n) is 8.60. The van der Waals surface area contributed by atoms with Crippen molar-refractivity contribution in [3.05, 3.63) is 72.1 Å². The van der Waals surface area contributed by atoms with Gasteiger partial charge < -0.3 is 15.0 Å². The monoisotopic (exact) mass is 412 g/mol. The minimum absolute atomic E-state index is 0.312. The van der Waals surface area contributed by atoms with Gasteiger partial charge in [-0.2, -0.15) is 0 Å². The zero-order chi connectivity index (χ0) is 21.4. The molecule has 2 aromatic carbocycles. The van der Waals surface area contributed by atoms with Crippen molar-refractivity contribution in [2.24, 2.45) is 0 Å². The number of phenolic OH excluding ortho intramolecular Hbond substituents is 1. The first-order chi connectivity index (χ1) is 15.1. The van der Waals surface area contributed by atoms with E-state index in [-0.39, 0.29) is 0 Å². The number of aryl methyl sites for hydroxylation is 1. The quantitative estimate of drug-likeness (QED) is 0.512. The van der Waals surface area contributed by atoms with E-state index in [0.29, 0.717) is 5.75 Å². The van der Waals surface area contributed by atoms with Gasteiger partial charge in [0.1, 0.15) is 11.4 Å². The van der Waals surface area contributed by atoms with E-state index in [0.717, 1.165) is 71.6 Å². The Hall–Kier alpha value is -3.15. The molecule has 5 rings (SSSR count). The first-order valence-electron chi connectivity index (χ1n) is 10.8. The molecule has 0 saturated carbocycles. The van der Waals surface area contributed by atoms with E-state index >= 15 is 0 Å². The van der Waals surface area contributed by atoms with E-state index in [1.54, 1.807) is 0 Å². The van der Waals surface area contributed by atoms with Crippen molar-refractivity contribution in [2.45, 2.75) is 13.5 Å². The number of piperazine rings is 1. The third kappa shape index (κ3) is 4.07. The van der Waals surface area contributed by atoms with Crippen LogP contribution in [0.15, 0.2) is 60.9 Å². The number of pyridine rings is 1. The van der Waals surface area contributed by atoms with Crippen molar-refractivity contribution in [3.63, 3.8) is 0 Å². The summed E-state index contributed by atoms with van der Waals surface area (Å²) in [4.78, 5) is 12.8. The fraction of sp³-hybridized carbons (Fsp3) is 0.269. The highest BCUT2D eigenvalue weighted by Gasteiger charge is 2.14. The molecule has 5 heteroatoms. The highest BCUT2D eigenvalue weighted by molar-refractivity contribution is 5.96. The zero-order valence-electron chi connectivity index (χ0n) is 18.1. The van der Waals surface area contributed by atoms with Gasteiger partial charge in [0.25, 0.3) is 0 Å². The van der Waals surface area contributed by atoms with Crippen LogP contribution in [0.5, 0.6) is 5.75 Å². The molecule has 158 valence electrons. The molecule has 0 atom stereocenters. The standard InChI is InChI=1S/C26H28N4O/c1-18-3-6-21(14-25(18)31)24-16-28-26-23(24)13-22(15-27-26)20-7-4-19(5-8-20)17-30-11-9-29(2)10-12-30/h3-8,13-16,31H,9-12,17H2,1-2H3,(H,27,28). The predicted molar refractivity (Wildman–Crippen MR) is 126 cm³/mol. The van der Waals surface area contributed by atoms with Crippen LogP contribution >= 0.6 is 0 Å². The van der Waals surface area contributed by atoms with E-state index in [1.165, 1.54) is 5.56 Å². The molecule has 0 aliphatic carbocycles. The van der Waals surface area contributed by atoms with Gasteiger partial charge in [0, 0.05) is 61.6 Å². The lowest BCUT2D eigenvalue weighted by molar-refractivity contribution is 0.148. The van der Waals surface area contributed by atoms with Crippen LogP contribution in [0.2, 0.25) is 0 Å². The summed E-state index contributed by atoms with van der Waals surface area (Å²) in [6.45, 7) is 7.45. The molecule has 2 aromatic heterocycles. The number of likely N-dealkylation sites (N-methyl/N-ethyl adjacent to an activating group) is 1. The Bertz CT molecular complexity index is 1200. The van der Waals surface area contributed by atoms with Crippen LogP contribution < -0.4 is 0 Å². The second-order valence-corrected chi connectivity index (χ2v) is 8.60. The number of hydrogen-bond acceptors (Lipinski definition) is 4. The predicted octanol–water partition coefficient (Wildman–Crippen LogP) is 4.66. The number of aromatic hydroxyl groups is 1. The molecule has 2 N–H and O–H groups in total. The van der Waals surface area contributed by atoms with E-state index < -0.39 is 0 Å².